The smallest absolute Gasteiger partial charge is 0.143 e. The first kappa shape index (κ1) is 23.4. The summed E-state index contributed by atoms with van der Waals surface area (Å²) in [4.78, 5) is 1.67. The number of furan rings is 1. The van der Waals surface area contributed by atoms with Crippen LogP contribution in [0.15, 0.2) is 217 Å². The molecule has 0 aliphatic carbocycles. The minimum Gasteiger partial charge on any atom is -0.455 e. The quantitative estimate of drug-likeness (QED) is 0.165. The van der Waals surface area contributed by atoms with Gasteiger partial charge in [-0.3, -0.25) is 0 Å². The molecule has 0 unspecified atom stereocenters. The van der Waals surface area contributed by atoms with Crippen LogP contribution in [-0.2, 0) is 0 Å². The van der Waals surface area contributed by atoms with Crippen LogP contribution >= 0.6 is 0 Å². The van der Waals surface area contributed by atoms with Crippen LogP contribution < -0.4 is 4.90 Å². The molecule has 0 saturated heterocycles. The Morgan fingerprint density at radius 3 is 1.74 bits per heavy atom. The standard InChI is InChI=1S/C52H35NO/c1-3-11-36(12-4-1)38-21-28-44(29-22-38)53(45-30-23-39(24-31-45)43-17-9-16-42(35-43)37-13-5-2-6-14-37)46-32-25-41(26-33-46)47-19-10-20-50-51(47)49-34-27-40-15-7-8-18-48(40)52(49)54-50/h1-35H/i1D,3D,4D,11D,12D,21D,22D,28D,29D. The number of rotatable bonds is 7. The molecule has 0 radical (unpaired) electrons. The molecule has 0 atom stereocenters. The molecule has 254 valence electrons. The van der Waals surface area contributed by atoms with Gasteiger partial charge >= 0.3 is 0 Å². The van der Waals surface area contributed by atoms with Gasteiger partial charge in [-0.1, -0.05) is 158 Å². The number of hydrogen-bond donors (Lipinski definition) is 0. The van der Waals surface area contributed by atoms with E-state index in [4.69, 9.17) is 11.3 Å². The van der Waals surface area contributed by atoms with Gasteiger partial charge < -0.3 is 9.32 Å². The van der Waals surface area contributed by atoms with E-state index in [0.717, 1.165) is 66.1 Å². The van der Waals surface area contributed by atoms with Crippen molar-refractivity contribution in [2.24, 2.45) is 0 Å². The first-order valence-electron chi connectivity index (χ1n) is 22.2. The normalized spacial score (nSPS) is 13.7. The van der Waals surface area contributed by atoms with Crippen molar-refractivity contribution >= 4 is 49.8 Å². The Bertz CT molecular complexity index is 3380. The summed E-state index contributed by atoms with van der Waals surface area (Å²) in [5, 5.41) is 4.06. The van der Waals surface area contributed by atoms with E-state index in [1.54, 1.807) is 4.90 Å². The highest BCUT2D eigenvalue weighted by Crippen LogP contribution is 2.42. The van der Waals surface area contributed by atoms with Crippen molar-refractivity contribution in [3.63, 3.8) is 0 Å². The Kier molecular flexibility index (Phi) is 5.82. The predicted molar refractivity (Wildman–Crippen MR) is 228 cm³/mol. The van der Waals surface area contributed by atoms with Crippen LogP contribution in [0, 0.1) is 0 Å². The minimum absolute atomic E-state index is 0.0671. The molecule has 9 aromatic carbocycles. The molecule has 0 aliphatic heterocycles. The Labute approximate surface area is 327 Å². The average Bonchev–Trinajstić information content (AvgIpc) is 3.72. The van der Waals surface area contributed by atoms with Gasteiger partial charge in [0.05, 0.1) is 12.3 Å². The molecule has 0 amide bonds. The van der Waals surface area contributed by atoms with E-state index in [0.29, 0.717) is 11.4 Å². The summed E-state index contributed by atoms with van der Waals surface area (Å²) in [6.45, 7) is 0. The number of benzene rings is 9. The molecule has 1 aromatic heterocycles. The molecular weight excluding hydrogens is 655 g/mol. The second kappa shape index (κ2) is 13.4. The third-order valence-electron chi connectivity index (χ3n) is 9.84. The highest BCUT2D eigenvalue weighted by molar-refractivity contribution is 6.19. The molecule has 1 heterocycles. The first-order valence-corrected chi connectivity index (χ1v) is 17.7. The summed E-state index contributed by atoms with van der Waals surface area (Å²) in [6.07, 6.45) is 0. The average molecular weight is 699 g/mol. The Morgan fingerprint density at radius 1 is 0.389 bits per heavy atom. The minimum atomic E-state index is -0.629. The van der Waals surface area contributed by atoms with Crippen molar-refractivity contribution in [3.8, 4) is 44.5 Å². The molecule has 0 bridgehead atoms. The molecule has 10 rings (SSSR count). The summed E-state index contributed by atoms with van der Waals surface area (Å²) < 4.78 is 85.5. The summed E-state index contributed by atoms with van der Waals surface area (Å²) in [5.74, 6) is 0. The van der Waals surface area contributed by atoms with E-state index in [9.17, 15) is 5.48 Å². The molecule has 0 N–H and O–H groups in total. The van der Waals surface area contributed by atoms with Crippen molar-refractivity contribution in [3.05, 3.63) is 212 Å². The summed E-state index contributed by atoms with van der Waals surface area (Å²) >= 11 is 0. The van der Waals surface area contributed by atoms with Crippen LogP contribution in [0.5, 0.6) is 0 Å². The van der Waals surface area contributed by atoms with E-state index in [2.05, 4.69) is 48.5 Å². The van der Waals surface area contributed by atoms with E-state index in [1.807, 2.05) is 109 Å². The molecule has 0 aliphatic rings. The molecule has 0 spiro atoms. The highest BCUT2D eigenvalue weighted by atomic mass is 16.3. The lowest BCUT2D eigenvalue weighted by atomic mass is 9.97. The van der Waals surface area contributed by atoms with Crippen molar-refractivity contribution < 1.29 is 16.8 Å². The highest BCUT2D eigenvalue weighted by Gasteiger charge is 2.17. The zero-order chi connectivity index (χ0) is 43.7. The lowest BCUT2D eigenvalue weighted by Crippen LogP contribution is -2.09. The third-order valence-corrected chi connectivity index (χ3v) is 9.84. The third kappa shape index (κ3) is 5.71. The van der Waals surface area contributed by atoms with Crippen LogP contribution in [0.25, 0.3) is 77.2 Å². The Hall–Kier alpha value is -7.16. The summed E-state index contributed by atoms with van der Waals surface area (Å²) in [7, 11) is 0. The predicted octanol–water partition coefficient (Wildman–Crippen LogP) is 14.9. The van der Waals surface area contributed by atoms with Gasteiger partial charge in [0.15, 0.2) is 0 Å². The van der Waals surface area contributed by atoms with Gasteiger partial charge in [-0.15, -0.1) is 0 Å². The van der Waals surface area contributed by atoms with Gasteiger partial charge in [-0.05, 0) is 104 Å². The van der Waals surface area contributed by atoms with Gasteiger partial charge in [0, 0.05) is 33.2 Å². The number of hydrogen-bond acceptors (Lipinski definition) is 2. The van der Waals surface area contributed by atoms with Gasteiger partial charge in [0.2, 0.25) is 0 Å². The van der Waals surface area contributed by atoms with E-state index in [1.165, 1.54) is 0 Å². The largest absolute Gasteiger partial charge is 0.455 e. The van der Waals surface area contributed by atoms with Crippen LogP contribution in [0.2, 0.25) is 0 Å². The number of anilines is 3. The molecule has 2 heteroatoms. The molecule has 54 heavy (non-hydrogen) atoms. The lowest BCUT2D eigenvalue weighted by molar-refractivity contribution is 0.673. The van der Waals surface area contributed by atoms with Gasteiger partial charge in [0.1, 0.15) is 11.2 Å². The molecule has 10 aromatic rings. The van der Waals surface area contributed by atoms with E-state index >= 15 is 0 Å². The maximum atomic E-state index is 9.41. The lowest BCUT2D eigenvalue weighted by Gasteiger charge is -2.26. The Balaban J connectivity index is 1.13. The fourth-order valence-electron chi connectivity index (χ4n) is 7.22. The van der Waals surface area contributed by atoms with Crippen molar-refractivity contribution in [2.45, 2.75) is 0 Å². The molecular formula is C52H35NO. The fourth-order valence-corrected chi connectivity index (χ4v) is 7.22. The van der Waals surface area contributed by atoms with E-state index in [-0.39, 0.29) is 11.3 Å². The molecule has 0 fully saturated rings. The second-order valence-corrected chi connectivity index (χ2v) is 13.0. The van der Waals surface area contributed by atoms with Crippen molar-refractivity contribution in [2.75, 3.05) is 4.90 Å². The number of nitrogens with zero attached hydrogens (tertiary/aromatic N) is 1. The maximum Gasteiger partial charge on any atom is 0.143 e. The molecule has 0 saturated carbocycles. The first-order chi connectivity index (χ1) is 30.5. The van der Waals surface area contributed by atoms with Gasteiger partial charge in [0.25, 0.3) is 0 Å². The zero-order valence-corrected chi connectivity index (χ0v) is 28.9. The summed E-state index contributed by atoms with van der Waals surface area (Å²) in [5.41, 5.74) is 7.74. The van der Waals surface area contributed by atoms with Crippen LogP contribution in [0.1, 0.15) is 12.3 Å². The van der Waals surface area contributed by atoms with Crippen LogP contribution in [-0.4, -0.2) is 0 Å². The maximum absolute atomic E-state index is 9.41. The topological polar surface area (TPSA) is 16.4 Å². The zero-order valence-electron chi connectivity index (χ0n) is 37.9. The second-order valence-electron chi connectivity index (χ2n) is 13.0. The van der Waals surface area contributed by atoms with Gasteiger partial charge in [-0.2, -0.15) is 0 Å². The van der Waals surface area contributed by atoms with E-state index < -0.39 is 59.9 Å². The van der Waals surface area contributed by atoms with Crippen molar-refractivity contribution in [1.82, 2.24) is 0 Å². The SMILES string of the molecule is [2H]c1c([2H])c([2H])c(-c2c([2H])c([2H])c(N(c3ccc(-c4cccc(-c5ccccc5)c4)cc3)c3ccc(-c4cccc5oc6c7ccccc7ccc6c45)cc3)c([2H])c2[2H])c([2H])c1[2H]. The monoisotopic (exact) mass is 698 g/mol. The van der Waals surface area contributed by atoms with Crippen molar-refractivity contribution in [1.29, 1.82) is 0 Å². The Morgan fingerprint density at radius 2 is 1.00 bits per heavy atom. The van der Waals surface area contributed by atoms with Crippen LogP contribution in [0.4, 0.5) is 17.1 Å². The van der Waals surface area contributed by atoms with Gasteiger partial charge in [-0.25, -0.2) is 0 Å². The van der Waals surface area contributed by atoms with Crippen LogP contribution in [0.3, 0.4) is 0 Å². The number of fused-ring (bicyclic) bond motifs is 5. The molecule has 2 nitrogen and oxygen atoms in total. The fraction of sp³-hybridized carbons (Fsp3) is 0. The summed E-state index contributed by atoms with van der Waals surface area (Å²) in [6, 6.07) is 46.9.